The van der Waals surface area contributed by atoms with Crippen LogP contribution in [0.2, 0.25) is 0 Å². The molecular weight excluding hydrogens is 465 g/mol. The highest BCUT2D eigenvalue weighted by molar-refractivity contribution is 7.89. The minimum absolute atomic E-state index is 0.104. The summed E-state index contributed by atoms with van der Waals surface area (Å²) < 4.78 is 67.1. The Morgan fingerprint density at radius 3 is 1.94 bits per heavy atom. The smallest absolute Gasteiger partial charge is 0.378 e. The van der Waals surface area contributed by atoms with Gasteiger partial charge in [-0.1, -0.05) is 42.5 Å². The summed E-state index contributed by atoms with van der Waals surface area (Å²) in [5.41, 5.74) is 1.01. The number of nitrogens with zero attached hydrogens (tertiary/aromatic N) is 3. The second-order valence-corrected chi connectivity index (χ2v) is 9.39. The first-order chi connectivity index (χ1) is 16.0. The zero-order chi connectivity index (χ0) is 24.7. The third kappa shape index (κ3) is 4.55. The highest BCUT2D eigenvalue weighted by Gasteiger charge is 2.40. The summed E-state index contributed by atoms with van der Waals surface area (Å²) in [6.07, 6.45) is -4.73. The van der Waals surface area contributed by atoms with Gasteiger partial charge in [-0.15, -0.1) is 0 Å². The van der Waals surface area contributed by atoms with E-state index in [1.54, 1.807) is 54.6 Å². The van der Waals surface area contributed by atoms with Gasteiger partial charge in [0.1, 0.15) is 0 Å². The summed E-state index contributed by atoms with van der Waals surface area (Å²) in [6.45, 7) is 0. The maximum atomic E-state index is 14.2. The number of anilines is 1. The number of hydrogen-bond acceptors (Lipinski definition) is 4. The SMILES string of the molecule is CN(C)c1ccc(-n2nc(C(F)(F)F)c(-c3ccccc3)c2-c2ccc(S(N)(=O)=O)cc2)cc1. The Labute approximate surface area is 195 Å². The number of rotatable bonds is 5. The van der Waals surface area contributed by atoms with Gasteiger partial charge in [0.15, 0.2) is 5.69 Å². The number of benzene rings is 3. The molecule has 1 aromatic heterocycles. The predicted molar refractivity (Wildman–Crippen MR) is 125 cm³/mol. The summed E-state index contributed by atoms with van der Waals surface area (Å²) in [6, 6.07) is 20.4. The normalized spacial score (nSPS) is 12.1. The van der Waals surface area contributed by atoms with Crippen molar-refractivity contribution in [3.8, 4) is 28.1 Å². The molecule has 0 amide bonds. The van der Waals surface area contributed by atoms with E-state index in [4.69, 9.17) is 5.14 Å². The maximum absolute atomic E-state index is 14.2. The minimum Gasteiger partial charge on any atom is -0.378 e. The molecule has 0 aliphatic heterocycles. The molecule has 0 aliphatic rings. The highest BCUT2D eigenvalue weighted by Crippen LogP contribution is 2.43. The van der Waals surface area contributed by atoms with Crippen LogP contribution in [0.15, 0.2) is 83.8 Å². The van der Waals surface area contributed by atoms with E-state index >= 15 is 0 Å². The number of nitrogens with two attached hydrogens (primary N) is 1. The molecule has 0 atom stereocenters. The molecule has 2 N–H and O–H groups in total. The van der Waals surface area contributed by atoms with E-state index in [9.17, 15) is 21.6 Å². The van der Waals surface area contributed by atoms with Crippen molar-refractivity contribution in [3.63, 3.8) is 0 Å². The fourth-order valence-electron chi connectivity index (χ4n) is 3.64. The second kappa shape index (κ2) is 8.62. The lowest BCUT2D eigenvalue weighted by Crippen LogP contribution is -2.11. The van der Waals surface area contributed by atoms with E-state index in [1.807, 2.05) is 19.0 Å². The van der Waals surface area contributed by atoms with E-state index in [1.165, 1.54) is 28.9 Å². The molecule has 0 fully saturated rings. The van der Waals surface area contributed by atoms with Gasteiger partial charge in [-0.25, -0.2) is 18.2 Å². The summed E-state index contributed by atoms with van der Waals surface area (Å²) in [7, 11) is -0.249. The Balaban J connectivity index is 2.04. The van der Waals surface area contributed by atoms with Gasteiger partial charge < -0.3 is 4.90 Å². The molecule has 0 saturated carbocycles. The van der Waals surface area contributed by atoms with Crippen LogP contribution in [-0.2, 0) is 16.2 Å². The first-order valence-electron chi connectivity index (χ1n) is 10.1. The average molecular weight is 487 g/mol. The van der Waals surface area contributed by atoms with Crippen molar-refractivity contribution in [2.75, 3.05) is 19.0 Å². The standard InChI is InChI=1S/C24H21F3N4O2S/c1-30(2)18-10-12-19(13-11-18)31-22(17-8-14-20(15-9-17)34(28,32)33)21(16-6-4-3-5-7-16)23(29-31)24(25,26)27/h3-15H,1-2H3,(H2,28,32,33). The molecule has 6 nitrogen and oxygen atoms in total. The predicted octanol–water partition coefficient (Wildman–Crippen LogP) is 4.94. The van der Waals surface area contributed by atoms with Crippen molar-refractivity contribution >= 4 is 15.7 Å². The monoisotopic (exact) mass is 486 g/mol. The molecule has 0 radical (unpaired) electrons. The topological polar surface area (TPSA) is 81.2 Å². The molecule has 10 heteroatoms. The number of primary sulfonamides is 1. The molecule has 0 saturated heterocycles. The van der Waals surface area contributed by atoms with E-state index < -0.39 is 21.9 Å². The van der Waals surface area contributed by atoms with Crippen LogP contribution in [-0.4, -0.2) is 32.3 Å². The first-order valence-corrected chi connectivity index (χ1v) is 11.7. The lowest BCUT2D eigenvalue weighted by Gasteiger charge is -2.14. The third-order valence-corrected chi connectivity index (χ3v) is 6.21. The van der Waals surface area contributed by atoms with Crippen molar-refractivity contribution in [1.82, 2.24) is 9.78 Å². The van der Waals surface area contributed by atoms with E-state index in [0.29, 0.717) is 16.8 Å². The number of hydrogen-bond donors (Lipinski definition) is 1. The zero-order valence-corrected chi connectivity index (χ0v) is 19.1. The van der Waals surface area contributed by atoms with Crippen molar-refractivity contribution in [2.24, 2.45) is 5.14 Å². The molecule has 1 heterocycles. The van der Waals surface area contributed by atoms with Crippen molar-refractivity contribution < 1.29 is 21.6 Å². The van der Waals surface area contributed by atoms with Gasteiger partial charge in [-0.05, 0) is 42.0 Å². The van der Waals surface area contributed by atoms with Crippen LogP contribution in [0.25, 0.3) is 28.1 Å². The summed E-state index contributed by atoms with van der Waals surface area (Å²) in [5.74, 6) is 0. The lowest BCUT2D eigenvalue weighted by atomic mass is 9.98. The van der Waals surface area contributed by atoms with Crippen LogP contribution in [0.5, 0.6) is 0 Å². The van der Waals surface area contributed by atoms with E-state index in [0.717, 1.165) is 5.69 Å². The first kappa shape index (κ1) is 23.5. The molecule has 4 aromatic rings. The number of alkyl halides is 3. The highest BCUT2D eigenvalue weighted by atomic mass is 32.2. The van der Waals surface area contributed by atoms with Crippen LogP contribution >= 0.6 is 0 Å². The second-order valence-electron chi connectivity index (χ2n) is 7.83. The minimum atomic E-state index is -4.73. The van der Waals surface area contributed by atoms with Gasteiger partial charge in [0.05, 0.1) is 16.3 Å². The number of sulfonamides is 1. The molecule has 0 bridgehead atoms. The molecule has 34 heavy (non-hydrogen) atoms. The third-order valence-electron chi connectivity index (χ3n) is 5.28. The summed E-state index contributed by atoms with van der Waals surface area (Å²) in [5, 5.41) is 9.17. The number of aromatic nitrogens is 2. The van der Waals surface area contributed by atoms with Crippen molar-refractivity contribution in [2.45, 2.75) is 11.1 Å². The Hall–Kier alpha value is -3.63. The van der Waals surface area contributed by atoms with Crippen LogP contribution in [0.3, 0.4) is 0 Å². The van der Waals surface area contributed by atoms with Gasteiger partial charge >= 0.3 is 6.18 Å². The lowest BCUT2D eigenvalue weighted by molar-refractivity contribution is -0.140. The van der Waals surface area contributed by atoms with Gasteiger partial charge in [0, 0.05) is 30.9 Å². The molecule has 0 unspecified atom stereocenters. The molecule has 3 aromatic carbocycles. The Morgan fingerprint density at radius 2 is 1.44 bits per heavy atom. The summed E-state index contributed by atoms with van der Waals surface area (Å²) in [4.78, 5) is 1.73. The summed E-state index contributed by atoms with van der Waals surface area (Å²) >= 11 is 0. The fraction of sp³-hybridized carbons (Fsp3) is 0.125. The van der Waals surface area contributed by atoms with E-state index in [-0.39, 0.29) is 16.2 Å². The number of halogens is 3. The zero-order valence-electron chi connectivity index (χ0n) is 18.3. The Kier molecular flexibility index (Phi) is 5.96. The van der Waals surface area contributed by atoms with Gasteiger partial charge in [0.25, 0.3) is 0 Å². The average Bonchev–Trinajstić information content (AvgIpc) is 3.20. The van der Waals surface area contributed by atoms with E-state index in [2.05, 4.69) is 5.10 Å². The molecule has 4 rings (SSSR count). The molecule has 176 valence electrons. The van der Waals surface area contributed by atoms with Crippen LogP contribution in [0, 0.1) is 0 Å². The van der Waals surface area contributed by atoms with Gasteiger partial charge in [-0.3, -0.25) is 0 Å². The van der Waals surface area contributed by atoms with Gasteiger partial charge in [-0.2, -0.15) is 18.3 Å². The van der Waals surface area contributed by atoms with Gasteiger partial charge in [0.2, 0.25) is 10.0 Å². The largest absolute Gasteiger partial charge is 0.435 e. The molecular formula is C24H21F3N4O2S. The maximum Gasteiger partial charge on any atom is 0.435 e. The van der Waals surface area contributed by atoms with Crippen LogP contribution < -0.4 is 10.0 Å². The van der Waals surface area contributed by atoms with Crippen molar-refractivity contribution in [1.29, 1.82) is 0 Å². The Morgan fingerprint density at radius 1 is 0.853 bits per heavy atom. The Bertz CT molecular complexity index is 1410. The quantitative estimate of drug-likeness (QED) is 0.433. The van der Waals surface area contributed by atoms with Crippen molar-refractivity contribution in [3.05, 3.63) is 84.6 Å². The van der Waals surface area contributed by atoms with Crippen LogP contribution in [0.1, 0.15) is 5.69 Å². The molecule has 0 aliphatic carbocycles. The fourth-order valence-corrected chi connectivity index (χ4v) is 4.16. The molecule has 0 spiro atoms. The van der Waals surface area contributed by atoms with Crippen LogP contribution in [0.4, 0.5) is 18.9 Å².